The van der Waals surface area contributed by atoms with Crippen molar-refractivity contribution >= 4 is 5.97 Å². The van der Waals surface area contributed by atoms with E-state index in [0.717, 1.165) is 0 Å². The number of carboxylic acid groups (broad SMARTS) is 1. The van der Waals surface area contributed by atoms with Crippen molar-refractivity contribution in [2.24, 2.45) is 5.73 Å². The number of nitrogens with two attached hydrogens (primary N) is 1. The largest absolute Gasteiger partial charge is 0.477 e. The molecule has 0 aromatic heterocycles. The molecule has 13 nitrogen and oxygen atoms in total. The number of carbonyl (C=O) groups is 1. The topological polar surface area (TPSA) is 233 Å². The van der Waals surface area contributed by atoms with Gasteiger partial charge in [0.1, 0.15) is 42.7 Å². The van der Waals surface area contributed by atoms with Gasteiger partial charge in [0.25, 0.3) is 5.79 Å². The molecule has 0 saturated carbocycles. The van der Waals surface area contributed by atoms with Gasteiger partial charge >= 0.3 is 5.97 Å². The second-order valence-corrected chi connectivity index (χ2v) is 6.26. The van der Waals surface area contributed by atoms with Crippen LogP contribution in [0.2, 0.25) is 0 Å². The zero-order chi connectivity index (χ0) is 19.8. The Kier molecular flexibility index (Phi) is 6.53. The van der Waals surface area contributed by atoms with E-state index in [1.807, 2.05) is 0 Å². The molecule has 0 amide bonds. The molecule has 13 heteroatoms. The third kappa shape index (κ3) is 3.83. The first kappa shape index (κ1) is 21.3. The van der Waals surface area contributed by atoms with Crippen molar-refractivity contribution in [1.82, 2.24) is 0 Å². The SMILES string of the molecule is N[C@H]1CO[C@H](OC[C@@H](O)[C@H]2O[C@@](O)(C(=O)O)[C@@H](O)[C@@H](O)[C@H]2O)[C@H](O)[C@H]1O. The first-order valence-corrected chi connectivity index (χ1v) is 7.71. The summed E-state index contributed by atoms with van der Waals surface area (Å²) in [6.45, 7) is -0.852. The van der Waals surface area contributed by atoms with Crippen LogP contribution in [0.25, 0.3) is 0 Å². The van der Waals surface area contributed by atoms with Gasteiger partial charge in [-0.2, -0.15) is 0 Å². The third-order valence-corrected chi connectivity index (χ3v) is 4.36. The van der Waals surface area contributed by atoms with Crippen molar-refractivity contribution in [2.45, 2.75) is 60.8 Å². The number of carboxylic acids is 1. The summed E-state index contributed by atoms with van der Waals surface area (Å²) >= 11 is 0. The average Bonchev–Trinajstić information content (AvgIpc) is 2.60. The molecule has 0 bridgehead atoms. The highest BCUT2D eigenvalue weighted by atomic mass is 16.7. The van der Waals surface area contributed by atoms with E-state index < -0.39 is 73.4 Å². The summed E-state index contributed by atoms with van der Waals surface area (Å²) in [5.74, 6) is -5.31. The summed E-state index contributed by atoms with van der Waals surface area (Å²) < 4.78 is 14.8. The number of hydrogen-bond acceptors (Lipinski definition) is 12. The van der Waals surface area contributed by atoms with Gasteiger partial charge < -0.3 is 60.8 Å². The van der Waals surface area contributed by atoms with Gasteiger partial charge in [-0.1, -0.05) is 0 Å². The molecule has 0 aliphatic carbocycles. The third-order valence-electron chi connectivity index (χ3n) is 4.36. The van der Waals surface area contributed by atoms with Crippen LogP contribution in [0.15, 0.2) is 0 Å². The Balaban J connectivity index is 2.01. The molecule has 0 spiro atoms. The molecule has 10 atom stereocenters. The number of aliphatic hydroxyl groups excluding tert-OH is 6. The fraction of sp³-hybridized carbons (Fsp3) is 0.923. The Morgan fingerprint density at radius 3 is 2.35 bits per heavy atom. The Morgan fingerprint density at radius 2 is 1.77 bits per heavy atom. The monoisotopic (exact) mass is 385 g/mol. The molecule has 2 fully saturated rings. The Hall–Kier alpha value is -0.970. The standard InChI is InChI=1S/C13H23NO12/c14-3-1-24-11(8(19)5(3)16)25-2-4(15)9-6(17)7(18)10(20)13(23,26-9)12(21)22/h3-11,15-20,23H,1-2,14H2,(H,21,22)/t3-,4+,5-,6+,7-,8+,9+,10-,11+,13+/m0/s1. The highest BCUT2D eigenvalue weighted by Crippen LogP contribution is 2.30. The highest BCUT2D eigenvalue weighted by molar-refractivity contribution is 5.76. The predicted molar refractivity (Wildman–Crippen MR) is 77.2 cm³/mol. The lowest BCUT2D eigenvalue weighted by atomic mass is 9.90. The molecule has 2 rings (SSSR count). The summed E-state index contributed by atoms with van der Waals surface area (Å²) in [5, 5.41) is 77.5. The van der Waals surface area contributed by atoms with Crippen molar-refractivity contribution in [3.63, 3.8) is 0 Å². The number of hydrogen-bond donors (Lipinski definition) is 9. The first-order chi connectivity index (χ1) is 12.0. The fourth-order valence-corrected chi connectivity index (χ4v) is 2.69. The summed E-state index contributed by atoms with van der Waals surface area (Å²) in [4.78, 5) is 11.1. The number of rotatable bonds is 5. The zero-order valence-corrected chi connectivity index (χ0v) is 13.4. The predicted octanol–water partition coefficient (Wildman–Crippen LogP) is -5.98. The minimum absolute atomic E-state index is 0.148. The molecule has 0 aromatic rings. The van der Waals surface area contributed by atoms with E-state index in [1.54, 1.807) is 0 Å². The summed E-state index contributed by atoms with van der Waals surface area (Å²) in [5.41, 5.74) is 5.48. The maximum Gasteiger partial charge on any atom is 0.367 e. The molecule has 2 saturated heterocycles. The molecule has 0 aromatic carbocycles. The van der Waals surface area contributed by atoms with Gasteiger partial charge in [-0.15, -0.1) is 0 Å². The van der Waals surface area contributed by atoms with Gasteiger partial charge in [-0.3, -0.25) is 0 Å². The maximum absolute atomic E-state index is 11.1. The second kappa shape index (κ2) is 7.95. The maximum atomic E-state index is 11.1. The Bertz CT molecular complexity index is 508. The number of ether oxygens (including phenoxy) is 3. The van der Waals surface area contributed by atoms with Crippen molar-refractivity contribution in [3.05, 3.63) is 0 Å². The van der Waals surface area contributed by atoms with Crippen LogP contribution in [0.3, 0.4) is 0 Å². The quantitative estimate of drug-likeness (QED) is 0.215. The van der Waals surface area contributed by atoms with Crippen LogP contribution in [-0.2, 0) is 19.0 Å². The molecular formula is C13H23NO12. The first-order valence-electron chi connectivity index (χ1n) is 7.71. The minimum Gasteiger partial charge on any atom is -0.477 e. The zero-order valence-electron chi connectivity index (χ0n) is 13.4. The van der Waals surface area contributed by atoms with Crippen LogP contribution in [0, 0.1) is 0 Å². The van der Waals surface area contributed by atoms with Crippen LogP contribution < -0.4 is 5.73 Å². The van der Waals surface area contributed by atoms with Crippen LogP contribution in [0.5, 0.6) is 0 Å². The van der Waals surface area contributed by atoms with E-state index in [1.165, 1.54) is 0 Å². The van der Waals surface area contributed by atoms with Crippen LogP contribution in [0.1, 0.15) is 0 Å². The molecular weight excluding hydrogens is 362 g/mol. The fourth-order valence-electron chi connectivity index (χ4n) is 2.69. The lowest BCUT2D eigenvalue weighted by molar-refractivity contribution is -0.349. The second-order valence-electron chi connectivity index (χ2n) is 6.26. The van der Waals surface area contributed by atoms with Crippen molar-refractivity contribution in [2.75, 3.05) is 13.2 Å². The van der Waals surface area contributed by atoms with Crippen molar-refractivity contribution in [3.8, 4) is 0 Å². The average molecular weight is 385 g/mol. The van der Waals surface area contributed by atoms with Gasteiger partial charge in [-0.25, -0.2) is 4.79 Å². The van der Waals surface area contributed by atoms with E-state index in [-0.39, 0.29) is 6.61 Å². The molecule has 2 heterocycles. The molecule has 2 aliphatic heterocycles. The highest BCUT2D eigenvalue weighted by Gasteiger charge is 2.59. The Labute approximate surface area is 146 Å². The minimum atomic E-state index is -3.27. The van der Waals surface area contributed by atoms with Crippen LogP contribution >= 0.6 is 0 Å². The molecule has 0 unspecified atom stereocenters. The van der Waals surface area contributed by atoms with Gasteiger partial charge in [0, 0.05) is 0 Å². The number of aliphatic carboxylic acids is 1. The smallest absolute Gasteiger partial charge is 0.367 e. The van der Waals surface area contributed by atoms with Gasteiger partial charge in [0.2, 0.25) is 0 Å². The Morgan fingerprint density at radius 1 is 1.15 bits per heavy atom. The van der Waals surface area contributed by atoms with Gasteiger partial charge in [0.05, 0.1) is 19.3 Å². The van der Waals surface area contributed by atoms with Gasteiger partial charge in [-0.05, 0) is 0 Å². The molecule has 10 N–H and O–H groups in total. The summed E-state index contributed by atoms with van der Waals surface area (Å²) in [6.07, 6.45) is -14.4. The molecule has 26 heavy (non-hydrogen) atoms. The molecule has 2 aliphatic rings. The van der Waals surface area contributed by atoms with Crippen LogP contribution in [-0.4, -0.2) is 121 Å². The van der Waals surface area contributed by atoms with Gasteiger partial charge in [0.15, 0.2) is 6.29 Å². The van der Waals surface area contributed by atoms with E-state index in [2.05, 4.69) is 0 Å². The van der Waals surface area contributed by atoms with Crippen molar-refractivity contribution < 1.29 is 59.9 Å². The van der Waals surface area contributed by atoms with E-state index in [4.69, 9.17) is 25.1 Å². The van der Waals surface area contributed by atoms with E-state index in [0.29, 0.717) is 0 Å². The normalized spacial score (nSPS) is 48.2. The van der Waals surface area contributed by atoms with E-state index >= 15 is 0 Å². The lowest BCUT2D eigenvalue weighted by Crippen LogP contribution is -2.69. The summed E-state index contributed by atoms with van der Waals surface area (Å²) in [7, 11) is 0. The lowest BCUT2D eigenvalue weighted by Gasteiger charge is -2.44. The molecule has 152 valence electrons. The molecule has 0 radical (unpaired) electrons. The number of aliphatic hydroxyl groups is 7. The van der Waals surface area contributed by atoms with Crippen molar-refractivity contribution in [1.29, 1.82) is 0 Å². The van der Waals surface area contributed by atoms with E-state index in [9.17, 15) is 40.5 Å². The summed E-state index contributed by atoms with van der Waals surface area (Å²) in [6, 6.07) is -0.847. The van der Waals surface area contributed by atoms with Crippen LogP contribution in [0.4, 0.5) is 0 Å².